The fraction of sp³-hybridized carbons (Fsp3) is 0.367. The average Bonchev–Trinajstić information content (AvgIpc) is 3.33. The molecule has 216 valence electrons. The van der Waals surface area contributed by atoms with Crippen molar-refractivity contribution in [2.24, 2.45) is 0 Å². The highest BCUT2D eigenvalue weighted by Crippen LogP contribution is 2.39. The first-order valence-corrected chi connectivity index (χ1v) is 13.6. The van der Waals surface area contributed by atoms with Crippen LogP contribution in [0.3, 0.4) is 0 Å². The van der Waals surface area contributed by atoms with Gasteiger partial charge in [0.2, 0.25) is 0 Å². The zero-order valence-electron chi connectivity index (χ0n) is 22.1. The van der Waals surface area contributed by atoms with Gasteiger partial charge in [0.05, 0.1) is 31.0 Å². The van der Waals surface area contributed by atoms with E-state index in [2.05, 4.69) is 14.9 Å². The van der Waals surface area contributed by atoms with Gasteiger partial charge in [0.15, 0.2) is 0 Å². The topological polar surface area (TPSA) is 33.5 Å². The van der Waals surface area contributed by atoms with Gasteiger partial charge in [0, 0.05) is 66.6 Å². The molecular weight excluding hydrogens is 546 g/mol. The second kappa shape index (κ2) is 11.0. The highest BCUT2D eigenvalue weighted by molar-refractivity contribution is 5.96. The summed E-state index contributed by atoms with van der Waals surface area (Å²) < 4.78 is 91.1. The van der Waals surface area contributed by atoms with Crippen molar-refractivity contribution >= 4 is 16.6 Å². The molecule has 0 bridgehead atoms. The largest absolute Gasteiger partial charge is 0.418 e. The van der Waals surface area contributed by atoms with E-state index in [1.165, 1.54) is 16.8 Å². The van der Waals surface area contributed by atoms with Crippen LogP contribution < -0.4 is 4.90 Å². The molecule has 11 heteroatoms. The molecule has 0 radical (unpaired) electrons. The third-order valence-electron chi connectivity index (χ3n) is 8.00. The maximum atomic E-state index is 14.6. The Hall–Kier alpha value is -3.57. The minimum atomic E-state index is -4.69. The van der Waals surface area contributed by atoms with Crippen molar-refractivity contribution in [3.05, 3.63) is 83.2 Å². The molecule has 0 N–H and O–H groups in total. The van der Waals surface area contributed by atoms with Crippen LogP contribution in [0.1, 0.15) is 24.0 Å². The molecule has 0 unspecified atom stereocenters. The van der Waals surface area contributed by atoms with Crippen LogP contribution in [0.5, 0.6) is 0 Å². The van der Waals surface area contributed by atoms with E-state index in [0.717, 1.165) is 64.0 Å². The Kier molecular flexibility index (Phi) is 7.41. The Morgan fingerprint density at radius 1 is 0.854 bits per heavy atom. The van der Waals surface area contributed by atoms with E-state index in [4.69, 9.17) is 4.74 Å². The average molecular weight is 575 g/mol. The number of anilines is 1. The highest BCUT2D eigenvalue weighted by Gasteiger charge is 2.35. The van der Waals surface area contributed by atoms with Crippen LogP contribution in [0.15, 0.2) is 54.6 Å². The first kappa shape index (κ1) is 27.6. The van der Waals surface area contributed by atoms with Gasteiger partial charge in [-0.15, -0.1) is 0 Å². The van der Waals surface area contributed by atoms with Crippen LogP contribution in [-0.4, -0.2) is 60.1 Å². The Balaban J connectivity index is 1.38. The van der Waals surface area contributed by atoms with E-state index in [1.54, 1.807) is 6.07 Å². The van der Waals surface area contributed by atoms with Crippen molar-refractivity contribution in [1.29, 1.82) is 0 Å². The molecule has 3 heterocycles. The number of benzene rings is 3. The van der Waals surface area contributed by atoms with Gasteiger partial charge < -0.3 is 9.64 Å². The maximum absolute atomic E-state index is 14.6. The number of halogens is 6. The van der Waals surface area contributed by atoms with Crippen molar-refractivity contribution in [3.63, 3.8) is 0 Å². The summed E-state index contributed by atoms with van der Waals surface area (Å²) in [6, 6.07) is 12.7. The maximum Gasteiger partial charge on any atom is 0.418 e. The molecule has 2 aliphatic rings. The third-order valence-corrected chi connectivity index (χ3v) is 8.00. The zero-order valence-corrected chi connectivity index (χ0v) is 22.1. The molecule has 0 aliphatic carbocycles. The van der Waals surface area contributed by atoms with Gasteiger partial charge in [-0.3, -0.25) is 9.58 Å². The van der Waals surface area contributed by atoms with E-state index in [9.17, 15) is 26.3 Å². The fourth-order valence-corrected chi connectivity index (χ4v) is 5.95. The first-order chi connectivity index (χ1) is 19.7. The predicted molar refractivity (Wildman–Crippen MR) is 143 cm³/mol. The number of morpholine rings is 1. The lowest BCUT2D eigenvalue weighted by Gasteiger charge is -2.40. The summed E-state index contributed by atoms with van der Waals surface area (Å²) in [5.41, 5.74) is -0.0156. The molecular formula is C30H28F6N4O. The van der Waals surface area contributed by atoms with Gasteiger partial charge in [-0.2, -0.15) is 18.3 Å². The highest BCUT2D eigenvalue weighted by atomic mass is 19.4. The number of ether oxygens (including phenoxy) is 1. The molecule has 3 aromatic carbocycles. The number of hydrogen-bond acceptors (Lipinski definition) is 4. The Labute approximate surface area is 232 Å². The number of piperidine rings is 1. The molecule has 6 rings (SSSR count). The van der Waals surface area contributed by atoms with Crippen molar-refractivity contribution < 1.29 is 31.1 Å². The molecule has 0 saturated carbocycles. The summed E-state index contributed by atoms with van der Waals surface area (Å²) in [4.78, 5) is 4.71. The monoisotopic (exact) mass is 574 g/mol. The Morgan fingerprint density at radius 3 is 2.22 bits per heavy atom. The predicted octanol–water partition coefficient (Wildman–Crippen LogP) is 6.49. The minimum Gasteiger partial charge on any atom is -0.379 e. The van der Waals surface area contributed by atoms with E-state index in [1.807, 2.05) is 18.2 Å². The molecule has 0 amide bonds. The number of aromatic nitrogens is 2. The van der Waals surface area contributed by atoms with E-state index < -0.39 is 41.3 Å². The first-order valence-electron chi connectivity index (χ1n) is 13.6. The SMILES string of the molecule is Fc1cc(F)c(Cn2nc3c(C(F)(F)F)cccc3c2-c2cccc(N3CCC(N4CCOCC4)CC3)c2)c(F)c1. The van der Waals surface area contributed by atoms with E-state index in [0.29, 0.717) is 29.4 Å². The molecule has 2 saturated heterocycles. The number of nitrogens with zero attached hydrogens (tertiary/aromatic N) is 4. The summed E-state index contributed by atoms with van der Waals surface area (Å²) in [6.07, 6.45) is -2.73. The summed E-state index contributed by atoms with van der Waals surface area (Å²) >= 11 is 0. The van der Waals surface area contributed by atoms with Crippen LogP contribution in [0.2, 0.25) is 0 Å². The zero-order chi connectivity index (χ0) is 28.7. The van der Waals surface area contributed by atoms with Gasteiger partial charge in [-0.25, -0.2) is 13.2 Å². The summed E-state index contributed by atoms with van der Waals surface area (Å²) in [6.45, 7) is 4.44. The van der Waals surface area contributed by atoms with Gasteiger partial charge in [0.25, 0.3) is 0 Å². The summed E-state index contributed by atoms with van der Waals surface area (Å²) in [5, 5.41) is 4.40. The quantitative estimate of drug-likeness (QED) is 0.255. The van der Waals surface area contributed by atoms with Crippen LogP contribution in [0.25, 0.3) is 22.2 Å². The van der Waals surface area contributed by atoms with Gasteiger partial charge in [-0.05, 0) is 31.0 Å². The lowest BCUT2D eigenvalue weighted by molar-refractivity contribution is -0.136. The van der Waals surface area contributed by atoms with Gasteiger partial charge in [0.1, 0.15) is 23.0 Å². The van der Waals surface area contributed by atoms with Crippen LogP contribution in [0, 0.1) is 17.5 Å². The Morgan fingerprint density at radius 2 is 1.54 bits per heavy atom. The molecule has 41 heavy (non-hydrogen) atoms. The number of hydrogen-bond donors (Lipinski definition) is 0. The van der Waals surface area contributed by atoms with Crippen molar-refractivity contribution in [1.82, 2.24) is 14.7 Å². The summed E-state index contributed by atoms with van der Waals surface area (Å²) in [5.74, 6) is -3.36. The standard InChI is InChI=1S/C30H28F6N4O/c31-20-16-26(32)24(27(33)17-20)18-40-29(23-5-2-6-25(28(23)37-40)30(34,35)36)19-3-1-4-22(15-19)38-9-7-21(8-10-38)39-11-13-41-14-12-39/h1-6,15-17,21H,7-14,18H2. The van der Waals surface area contributed by atoms with E-state index in [-0.39, 0.29) is 10.9 Å². The lowest BCUT2D eigenvalue weighted by atomic mass is 10.0. The molecule has 0 atom stereocenters. The Bertz CT molecular complexity index is 1530. The molecule has 2 aliphatic heterocycles. The van der Waals surface area contributed by atoms with Gasteiger partial charge in [-0.1, -0.05) is 24.3 Å². The molecule has 2 fully saturated rings. The number of alkyl halides is 3. The molecule has 0 spiro atoms. The van der Waals surface area contributed by atoms with Crippen LogP contribution in [-0.2, 0) is 17.5 Å². The van der Waals surface area contributed by atoms with Crippen LogP contribution in [0.4, 0.5) is 32.0 Å². The number of rotatable bonds is 5. The van der Waals surface area contributed by atoms with Crippen LogP contribution >= 0.6 is 0 Å². The van der Waals surface area contributed by atoms with E-state index >= 15 is 0 Å². The van der Waals surface area contributed by atoms with Crippen molar-refractivity contribution in [2.45, 2.75) is 31.6 Å². The lowest BCUT2D eigenvalue weighted by Crippen LogP contribution is -2.49. The molecule has 5 nitrogen and oxygen atoms in total. The second-order valence-electron chi connectivity index (χ2n) is 10.5. The van der Waals surface area contributed by atoms with Crippen molar-refractivity contribution in [2.75, 3.05) is 44.3 Å². The molecule has 4 aromatic rings. The molecule has 1 aromatic heterocycles. The minimum absolute atomic E-state index is 0.200. The normalized spacial score (nSPS) is 17.5. The fourth-order valence-electron chi connectivity index (χ4n) is 5.95. The third kappa shape index (κ3) is 5.52. The second-order valence-corrected chi connectivity index (χ2v) is 10.5. The smallest absolute Gasteiger partial charge is 0.379 e. The number of fused-ring (bicyclic) bond motifs is 1. The van der Waals surface area contributed by atoms with Crippen molar-refractivity contribution in [3.8, 4) is 11.3 Å². The summed E-state index contributed by atoms with van der Waals surface area (Å²) in [7, 11) is 0. The van der Waals surface area contributed by atoms with Gasteiger partial charge >= 0.3 is 6.18 Å².